The van der Waals surface area contributed by atoms with Gasteiger partial charge in [0, 0.05) is 18.8 Å². The van der Waals surface area contributed by atoms with Crippen LogP contribution >= 0.6 is 0 Å². The molecule has 126 valence electrons. The van der Waals surface area contributed by atoms with E-state index in [0.29, 0.717) is 6.42 Å². The predicted molar refractivity (Wildman–Crippen MR) is 89.5 cm³/mol. The molecular weight excluding hydrogens is 306 g/mol. The summed E-state index contributed by atoms with van der Waals surface area (Å²) >= 11 is 0. The van der Waals surface area contributed by atoms with Crippen LogP contribution in [0.2, 0.25) is 0 Å². The number of hydrogen-bond acceptors (Lipinski definition) is 6. The van der Waals surface area contributed by atoms with Crippen molar-refractivity contribution in [3.05, 3.63) is 47.8 Å². The van der Waals surface area contributed by atoms with E-state index in [4.69, 9.17) is 5.11 Å². The normalized spacial score (nSPS) is 27.5. The molecule has 7 nitrogen and oxygen atoms in total. The van der Waals surface area contributed by atoms with Gasteiger partial charge in [0.05, 0.1) is 18.5 Å². The van der Waals surface area contributed by atoms with Gasteiger partial charge in [-0.15, -0.1) is 0 Å². The zero-order chi connectivity index (χ0) is 16.7. The van der Waals surface area contributed by atoms with Crippen LogP contribution in [0.4, 0.5) is 0 Å². The summed E-state index contributed by atoms with van der Waals surface area (Å²) in [5, 5.41) is 15.3. The van der Waals surface area contributed by atoms with Crippen LogP contribution in [0.5, 0.6) is 0 Å². The number of rotatable bonds is 4. The molecular formula is C17H21N5O2. The molecule has 3 aliphatic heterocycles. The minimum Gasteiger partial charge on any atom is -0.481 e. The summed E-state index contributed by atoms with van der Waals surface area (Å²) in [5.74, 6) is -0.0113. The van der Waals surface area contributed by atoms with Gasteiger partial charge in [-0.25, -0.2) is 5.43 Å². The quantitative estimate of drug-likeness (QED) is 0.778. The monoisotopic (exact) mass is 327 g/mol. The minimum atomic E-state index is -0.800. The summed E-state index contributed by atoms with van der Waals surface area (Å²) in [6.07, 6.45) is 5.51. The van der Waals surface area contributed by atoms with E-state index in [0.717, 1.165) is 12.3 Å². The van der Waals surface area contributed by atoms with Crippen LogP contribution < -0.4 is 10.9 Å². The Labute approximate surface area is 140 Å². The SMILES string of the molecule is Cc1ccc(C2CC3C4NN=C(CCC(=O)O)N4C=CN3N2)cc1. The van der Waals surface area contributed by atoms with E-state index in [2.05, 4.69) is 57.1 Å². The Kier molecular flexibility index (Phi) is 3.65. The third-order valence-electron chi connectivity index (χ3n) is 4.86. The molecule has 0 aromatic heterocycles. The van der Waals surface area contributed by atoms with Gasteiger partial charge in [0.1, 0.15) is 12.0 Å². The molecule has 0 radical (unpaired) electrons. The number of carbonyl (C=O) groups is 1. The van der Waals surface area contributed by atoms with Gasteiger partial charge in [-0.05, 0) is 18.9 Å². The number of hydrazine groups is 1. The fourth-order valence-corrected chi connectivity index (χ4v) is 3.55. The molecule has 3 aliphatic rings. The number of carboxylic acid groups (broad SMARTS) is 1. The molecule has 0 aliphatic carbocycles. The first-order valence-electron chi connectivity index (χ1n) is 8.23. The smallest absolute Gasteiger partial charge is 0.303 e. The van der Waals surface area contributed by atoms with Crippen LogP contribution in [0.3, 0.4) is 0 Å². The number of benzene rings is 1. The number of hydrogen-bond donors (Lipinski definition) is 3. The lowest BCUT2D eigenvalue weighted by molar-refractivity contribution is -0.136. The second kappa shape index (κ2) is 5.83. The standard InChI is InChI=1S/C17H21N5O2/c1-11-2-4-12(5-3-11)13-10-14-17-19-18-15(6-7-16(23)24)21(17)8-9-22(14)20-13/h2-5,8-9,13-14,17,19-20H,6-7,10H2,1H3,(H,23,24). The molecule has 3 heterocycles. The summed E-state index contributed by atoms with van der Waals surface area (Å²) < 4.78 is 0. The van der Waals surface area contributed by atoms with Crippen LogP contribution in [0, 0.1) is 6.92 Å². The third kappa shape index (κ3) is 2.60. The maximum absolute atomic E-state index is 10.8. The van der Waals surface area contributed by atoms with Crippen LogP contribution in [-0.2, 0) is 4.79 Å². The summed E-state index contributed by atoms with van der Waals surface area (Å²) in [5.41, 5.74) is 9.25. The summed E-state index contributed by atoms with van der Waals surface area (Å²) in [6.45, 7) is 2.09. The van der Waals surface area contributed by atoms with E-state index < -0.39 is 5.97 Å². The molecule has 4 rings (SSSR count). The van der Waals surface area contributed by atoms with Gasteiger partial charge in [-0.2, -0.15) is 5.10 Å². The zero-order valence-electron chi connectivity index (χ0n) is 13.5. The first-order chi connectivity index (χ1) is 11.6. The Balaban J connectivity index is 1.46. The number of carboxylic acids is 1. The number of aryl methyl sites for hydroxylation is 1. The van der Waals surface area contributed by atoms with E-state index >= 15 is 0 Å². The molecule has 1 saturated heterocycles. The largest absolute Gasteiger partial charge is 0.481 e. The molecule has 1 aromatic rings. The molecule has 3 unspecified atom stereocenters. The molecule has 0 saturated carbocycles. The molecule has 0 spiro atoms. The molecule has 7 heteroatoms. The summed E-state index contributed by atoms with van der Waals surface area (Å²) in [7, 11) is 0. The fourth-order valence-electron chi connectivity index (χ4n) is 3.55. The third-order valence-corrected chi connectivity index (χ3v) is 4.86. The lowest BCUT2D eigenvalue weighted by Gasteiger charge is -2.37. The van der Waals surface area contributed by atoms with Crippen molar-refractivity contribution >= 4 is 11.8 Å². The van der Waals surface area contributed by atoms with Crippen LogP contribution in [0.15, 0.2) is 41.8 Å². The second-order valence-corrected chi connectivity index (χ2v) is 6.50. The van der Waals surface area contributed by atoms with Crippen molar-refractivity contribution in [3.63, 3.8) is 0 Å². The van der Waals surface area contributed by atoms with Crippen molar-refractivity contribution in [2.24, 2.45) is 5.10 Å². The topological polar surface area (TPSA) is 80.2 Å². The molecule has 0 bridgehead atoms. The van der Waals surface area contributed by atoms with E-state index in [-0.39, 0.29) is 24.7 Å². The van der Waals surface area contributed by atoms with Gasteiger partial charge in [-0.3, -0.25) is 10.2 Å². The average molecular weight is 327 g/mol. The Morgan fingerprint density at radius 1 is 1.33 bits per heavy atom. The molecule has 3 atom stereocenters. The van der Waals surface area contributed by atoms with Crippen molar-refractivity contribution in [3.8, 4) is 0 Å². The van der Waals surface area contributed by atoms with Gasteiger partial charge in [-0.1, -0.05) is 29.8 Å². The molecule has 0 amide bonds. The Morgan fingerprint density at radius 3 is 2.88 bits per heavy atom. The lowest BCUT2D eigenvalue weighted by atomic mass is 9.99. The van der Waals surface area contributed by atoms with Crippen molar-refractivity contribution < 1.29 is 9.90 Å². The molecule has 1 aromatic carbocycles. The molecule has 24 heavy (non-hydrogen) atoms. The highest BCUT2D eigenvalue weighted by Gasteiger charge is 2.43. The minimum absolute atomic E-state index is 0.0433. The number of nitrogens with zero attached hydrogens (tertiary/aromatic N) is 3. The predicted octanol–water partition coefficient (Wildman–Crippen LogP) is 1.51. The number of aliphatic carboxylic acids is 1. The van der Waals surface area contributed by atoms with Crippen LogP contribution in [0.1, 0.15) is 36.4 Å². The second-order valence-electron chi connectivity index (χ2n) is 6.50. The highest BCUT2D eigenvalue weighted by atomic mass is 16.4. The zero-order valence-corrected chi connectivity index (χ0v) is 13.5. The van der Waals surface area contributed by atoms with E-state index in [1.165, 1.54) is 11.1 Å². The lowest BCUT2D eigenvalue weighted by Crippen LogP contribution is -2.54. The summed E-state index contributed by atoms with van der Waals surface area (Å²) in [6, 6.07) is 9.13. The van der Waals surface area contributed by atoms with Gasteiger partial charge in [0.25, 0.3) is 0 Å². The maximum Gasteiger partial charge on any atom is 0.303 e. The van der Waals surface area contributed by atoms with Crippen molar-refractivity contribution in [1.82, 2.24) is 20.8 Å². The number of amidine groups is 1. The number of nitrogens with one attached hydrogen (secondary N) is 2. The summed E-state index contributed by atoms with van der Waals surface area (Å²) in [4.78, 5) is 12.9. The van der Waals surface area contributed by atoms with Crippen LogP contribution in [-0.4, -0.2) is 39.0 Å². The maximum atomic E-state index is 10.8. The number of hydrazone groups is 1. The first kappa shape index (κ1) is 15.0. The number of fused-ring (bicyclic) bond motifs is 3. The van der Waals surface area contributed by atoms with E-state index in [1.807, 2.05) is 12.4 Å². The van der Waals surface area contributed by atoms with Gasteiger partial charge in [0.15, 0.2) is 0 Å². The van der Waals surface area contributed by atoms with Gasteiger partial charge in [0.2, 0.25) is 0 Å². The van der Waals surface area contributed by atoms with Gasteiger partial charge >= 0.3 is 5.97 Å². The van der Waals surface area contributed by atoms with Crippen molar-refractivity contribution in [2.75, 3.05) is 0 Å². The fraction of sp³-hybridized carbons (Fsp3) is 0.412. The first-order valence-corrected chi connectivity index (χ1v) is 8.23. The molecule has 3 N–H and O–H groups in total. The average Bonchev–Trinajstić information content (AvgIpc) is 3.17. The van der Waals surface area contributed by atoms with Crippen molar-refractivity contribution in [2.45, 2.75) is 44.4 Å². The Morgan fingerprint density at radius 2 is 2.12 bits per heavy atom. The Bertz CT molecular complexity index is 699. The highest BCUT2D eigenvalue weighted by molar-refractivity contribution is 5.87. The van der Waals surface area contributed by atoms with E-state index in [9.17, 15) is 4.79 Å². The Hall–Kier alpha value is -2.54. The van der Waals surface area contributed by atoms with E-state index in [1.54, 1.807) is 0 Å². The van der Waals surface area contributed by atoms with Crippen LogP contribution in [0.25, 0.3) is 0 Å². The van der Waals surface area contributed by atoms with Gasteiger partial charge < -0.3 is 15.0 Å². The molecule has 1 fully saturated rings. The van der Waals surface area contributed by atoms with Crippen molar-refractivity contribution in [1.29, 1.82) is 0 Å². The highest BCUT2D eigenvalue weighted by Crippen LogP contribution is 2.34.